The average molecular weight is 458 g/mol. The van der Waals surface area contributed by atoms with Crippen molar-refractivity contribution in [2.24, 2.45) is 0 Å². The van der Waals surface area contributed by atoms with E-state index >= 15 is 0 Å². The SMILES string of the molecule is Cc1c(C(=O)OCCc2ccccc2)sc2ncnc(Nc3cccc(Cl)c3Cl)c12. The second kappa shape index (κ2) is 9.00. The number of carbonyl (C=O) groups excluding carboxylic acids is 1. The summed E-state index contributed by atoms with van der Waals surface area (Å²) in [5.41, 5.74) is 2.51. The number of aryl methyl sites for hydroxylation is 1. The van der Waals surface area contributed by atoms with Gasteiger partial charge in [0.1, 0.15) is 21.9 Å². The van der Waals surface area contributed by atoms with Gasteiger partial charge >= 0.3 is 5.97 Å². The van der Waals surface area contributed by atoms with Crippen LogP contribution in [0.15, 0.2) is 54.9 Å². The molecule has 0 radical (unpaired) electrons. The summed E-state index contributed by atoms with van der Waals surface area (Å²) in [4.78, 5) is 22.5. The highest BCUT2D eigenvalue weighted by Crippen LogP contribution is 2.37. The van der Waals surface area contributed by atoms with Crippen molar-refractivity contribution < 1.29 is 9.53 Å². The molecule has 0 aliphatic heterocycles. The molecular formula is C22H17Cl2N3O2S. The highest BCUT2D eigenvalue weighted by Gasteiger charge is 2.21. The second-order valence-corrected chi connectivity index (χ2v) is 8.34. The van der Waals surface area contributed by atoms with Gasteiger partial charge in [-0.25, -0.2) is 14.8 Å². The minimum atomic E-state index is -0.363. The smallest absolute Gasteiger partial charge is 0.348 e. The van der Waals surface area contributed by atoms with Gasteiger partial charge in [0.15, 0.2) is 0 Å². The van der Waals surface area contributed by atoms with Crippen LogP contribution in [-0.2, 0) is 11.2 Å². The molecule has 0 fully saturated rings. The van der Waals surface area contributed by atoms with Crippen molar-refractivity contribution in [1.82, 2.24) is 9.97 Å². The number of halogens is 2. The van der Waals surface area contributed by atoms with E-state index in [1.54, 1.807) is 12.1 Å². The molecule has 1 N–H and O–H groups in total. The molecule has 0 aliphatic carbocycles. The predicted octanol–water partition coefficient (Wildman–Crippen LogP) is 6.45. The number of hydrogen-bond acceptors (Lipinski definition) is 6. The normalized spacial score (nSPS) is 10.9. The summed E-state index contributed by atoms with van der Waals surface area (Å²) in [5, 5.41) is 4.80. The lowest BCUT2D eigenvalue weighted by Gasteiger charge is -2.10. The first-order valence-corrected chi connectivity index (χ1v) is 10.8. The number of esters is 1. The van der Waals surface area contributed by atoms with Crippen LogP contribution in [-0.4, -0.2) is 22.5 Å². The number of ether oxygens (including phenoxy) is 1. The van der Waals surface area contributed by atoms with E-state index in [1.807, 2.05) is 43.3 Å². The first kappa shape index (κ1) is 20.6. The molecule has 2 aromatic heterocycles. The van der Waals surface area contributed by atoms with Gasteiger partial charge in [-0.15, -0.1) is 11.3 Å². The van der Waals surface area contributed by atoms with E-state index in [4.69, 9.17) is 27.9 Å². The third kappa shape index (κ3) is 4.26. The lowest BCUT2D eigenvalue weighted by molar-refractivity contribution is 0.0514. The maximum atomic E-state index is 12.7. The molecule has 4 rings (SSSR count). The fourth-order valence-electron chi connectivity index (χ4n) is 3.06. The molecule has 0 spiro atoms. The van der Waals surface area contributed by atoms with Gasteiger partial charge in [0, 0.05) is 6.42 Å². The summed E-state index contributed by atoms with van der Waals surface area (Å²) in [5.74, 6) is 0.194. The molecule has 0 amide bonds. The Kier molecular flexibility index (Phi) is 6.18. The number of aromatic nitrogens is 2. The number of rotatable bonds is 6. The predicted molar refractivity (Wildman–Crippen MR) is 122 cm³/mol. The van der Waals surface area contributed by atoms with Crippen molar-refractivity contribution in [1.29, 1.82) is 0 Å². The number of thiophene rings is 1. The summed E-state index contributed by atoms with van der Waals surface area (Å²) < 4.78 is 5.50. The molecule has 0 saturated heterocycles. The van der Waals surface area contributed by atoms with Gasteiger partial charge in [0.25, 0.3) is 0 Å². The topological polar surface area (TPSA) is 64.1 Å². The molecule has 5 nitrogen and oxygen atoms in total. The first-order valence-electron chi connectivity index (χ1n) is 9.21. The minimum Gasteiger partial charge on any atom is -0.461 e. The van der Waals surface area contributed by atoms with Crippen molar-refractivity contribution in [3.05, 3.63) is 80.9 Å². The lowest BCUT2D eigenvalue weighted by atomic mass is 10.2. The van der Waals surface area contributed by atoms with E-state index < -0.39 is 0 Å². The number of nitrogens with one attached hydrogen (secondary N) is 1. The third-order valence-electron chi connectivity index (χ3n) is 4.58. The fraction of sp³-hybridized carbons (Fsp3) is 0.136. The van der Waals surface area contributed by atoms with E-state index in [-0.39, 0.29) is 5.97 Å². The van der Waals surface area contributed by atoms with E-state index in [2.05, 4.69) is 15.3 Å². The molecule has 8 heteroatoms. The van der Waals surface area contributed by atoms with Crippen LogP contribution < -0.4 is 5.32 Å². The zero-order chi connectivity index (χ0) is 21.1. The van der Waals surface area contributed by atoms with Crippen molar-refractivity contribution in [2.45, 2.75) is 13.3 Å². The Morgan fingerprint density at radius 3 is 2.70 bits per heavy atom. The molecule has 0 unspecified atom stereocenters. The van der Waals surface area contributed by atoms with Crippen molar-refractivity contribution in [3.8, 4) is 0 Å². The van der Waals surface area contributed by atoms with Gasteiger partial charge in [0.05, 0.1) is 27.7 Å². The van der Waals surface area contributed by atoms with Crippen LogP contribution in [0.4, 0.5) is 11.5 Å². The maximum Gasteiger partial charge on any atom is 0.348 e. The molecule has 30 heavy (non-hydrogen) atoms. The monoisotopic (exact) mass is 457 g/mol. The van der Waals surface area contributed by atoms with Crippen molar-refractivity contribution >= 4 is 62.2 Å². The third-order valence-corrected chi connectivity index (χ3v) is 6.58. The molecular weight excluding hydrogens is 441 g/mol. The molecule has 4 aromatic rings. The summed E-state index contributed by atoms with van der Waals surface area (Å²) in [6, 6.07) is 15.2. The fourth-order valence-corrected chi connectivity index (χ4v) is 4.45. The van der Waals surface area contributed by atoms with Gasteiger partial charge in [0.2, 0.25) is 0 Å². The summed E-state index contributed by atoms with van der Waals surface area (Å²) in [7, 11) is 0. The largest absolute Gasteiger partial charge is 0.461 e. The Hall–Kier alpha value is -2.67. The van der Waals surface area contributed by atoms with E-state index in [1.165, 1.54) is 17.7 Å². The van der Waals surface area contributed by atoms with Crippen LogP contribution in [0.3, 0.4) is 0 Å². The Morgan fingerprint density at radius 2 is 1.90 bits per heavy atom. The summed E-state index contributed by atoms with van der Waals surface area (Å²) in [6.45, 7) is 2.17. The summed E-state index contributed by atoms with van der Waals surface area (Å²) >= 11 is 13.7. The Bertz CT molecular complexity index is 1210. The Balaban J connectivity index is 1.57. The lowest BCUT2D eigenvalue weighted by Crippen LogP contribution is -2.07. The van der Waals surface area contributed by atoms with E-state index in [0.29, 0.717) is 44.3 Å². The van der Waals surface area contributed by atoms with Gasteiger partial charge < -0.3 is 10.1 Å². The molecule has 0 saturated carbocycles. The van der Waals surface area contributed by atoms with Gasteiger partial charge in [-0.1, -0.05) is 59.6 Å². The van der Waals surface area contributed by atoms with Crippen LogP contribution in [0.2, 0.25) is 10.0 Å². The molecule has 0 atom stereocenters. The average Bonchev–Trinajstić information content (AvgIpc) is 3.10. The summed E-state index contributed by atoms with van der Waals surface area (Å²) in [6.07, 6.45) is 2.11. The Morgan fingerprint density at radius 1 is 1.10 bits per heavy atom. The molecule has 0 aliphatic rings. The van der Waals surface area contributed by atoms with Crippen LogP contribution >= 0.6 is 34.5 Å². The quantitative estimate of drug-likeness (QED) is 0.337. The van der Waals surface area contributed by atoms with Crippen LogP contribution in [0.5, 0.6) is 0 Å². The Labute approximate surface area is 187 Å². The molecule has 0 bridgehead atoms. The van der Waals surface area contributed by atoms with Crippen molar-refractivity contribution in [2.75, 3.05) is 11.9 Å². The van der Waals surface area contributed by atoms with Crippen LogP contribution in [0.25, 0.3) is 10.2 Å². The number of anilines is 2. The number of nitrogens with zero attached hydrogens (tertiary/aromatic N) is 2. The van der Waals surface area contributed by atoms with Gasteiger partial charge in [-0.2, -0.15) is 0 Å². The van der Waals surface area contributed by atoms with Gasteiger partial charge in [-0.05, 0) is 30.2 Å². The number of benzene rings is 2. The minimum absolute atomic E-state index is 0.311. The number of hydrogen-bond donors (Lipinski definition) is 1. The number of carbonyl (C=O) groups is 1. The van der Waals surface area contributed by atoms with Crippen LogP contribution in [0, 0.1) is 6.92 Å². The highest BCUT2D eigenvalue weighted by atomic mass is 35.5. The number of fused-ring (bicyclic) bond motifs is 1. The second-order valence-electron chi connectivity index (χ2n) is 6.56. The zero-order valence-electron chi connectivity index (χ0n) is 16.0. The first-order chi connectivity index (χ1) is 14.5. The molecule has 152 valence electrons. The standard InChI is InChI=1S/C22H17Cl2N3O2S/c1-13-17-20(27-16-9-5-8-15(23)18(16)24)25-12-26-21(17)30-19(13)22(28)29-11-10-14-6-3-2-4-7-14/h2-9,12H,10-11H2,1H3,(H,25,26,27). The molecule has 2 heterocycles. The molecule has 2 aromatic carbocycles. The maximum absolute atomic E-state index is 12.7. The van der Waals surface area contributed by atoms with Gasteiger partial charge in [-0.3, -0.25) is 0 Å². The zero-order valence-corrected chi connectivity index (χ0v) is 18.3. The van der Waals surface area contributed by atoms with Crippen molar-refractivity contribution in [3.63, 3.8) is 0 Å². The van der Waals surface area contributed by atoms with E-state index in [0.717, 1.165) is 16.5 Å². The van der Waals surface area contributed by atoms with Crippen LogP contribution in [0.1, 0.15) is 20.8 Å². The van der Waals surface area contributed by atoms with E-state index in [9.17, 15) is 4.79 Å². The highest BCUT2D eigenvalue weighted by molar-refractivity contribution is 7.20.